The van der Waals surface area contributed by atoms with Gasteiger partial charge in [0.05, 0.1) is 20.4 Å². The van der Waals surface area contributed by atoms with Gasteiger partial charge in [0.15, 0.2) is 0 Å². The number of rotatable bonds is 6. The molecule has 0 aliphatic heterocycles. The molecule has 0 aromatic rings. The molecule has 0 saturated heterocycles. The predicted octanol–water partition coefficient (Wildman–Crippen LogP) is 2.18. The van der Waals surface area contributed by atoms with E-state index >= 15 is 0 Å². The summed E-state index contributed by atoms with van der Waals surface area (Å²) >= 11 is 2.26. The lowest BCUT2D eigenvalue weighted by Gasteiger charge is -2.15. The van der Waals surface area contributed by atoms with Gasteiger partial charge in [-0.1, -0.05) is 42.2 Å². The van der Waals surface area contributed by atoms with Crippen molar-refractivity contribution in [3.8, 4) is 0 Å². The van der Waals surface area contributed by atoms with Crippen LogP contribution in [-0.4, -0.2) is 36.1 Å². The van der Waals surface area contributed by atoms with Crippen molar-refractivity contribution in [3.05, 3.63) is 11.9 Å². The SMILES string of the molecule is CC(CI)=N/C(=C\NC[Si](C)(C)C)CO. The first-order valence-electron chi connectivity index (χ1n) is 5.02. The number of hydrogen-bond donors (Lipinski definition) is 2. The highest BCUT2D eigenvalue weighted by Gasteiger charge is 2.10. The first-order valence-corrected chi connectivity index (χ1v) is 10.3. The molecule has 88 valence electrons. The van der Waals surface area contributed by atoms with E-state index in [0.717, 1.165) is 16.3 Å². The molecule has 15 heavy (non-hydrogen) atoms. The summed E-state index contributed by atoms with van der Waals surface area (Å²) in [6, 6.07) is 0. The summed E-state index contributed by atoms with van der Waals surface area (Å²) in [5, 5.41) is 12.3. The topological polar surface area (TPSA) is 44.6 Å². The number of aliphatic imine (C=N–C) groups is 1. The zero-order chi connectivity index (χ0) is 11.9. The molecule has 0 aromatic heterocycles. The Morgan fingerprint density at radius 3 is 2.47 bits per heavy atom. The summed E-state index contributed by atoms with van der Waals surface area (Å²) in [5.41, 5.74) is 1.74. The summed E-state index contributed by atoms with van der Waals surface area (Å²) in [4.78, 5) is 4.31. The van der Waals surface area contributed by atoms with Gasteiger partial charge in [0.25, 0.3) is 0 Å². The molecule has 0 heterocycles. The Morgan fingerprint density at radius 2 is 2.07 bits per heavy atom. The number of hydrogen-bond acceptors (Lipinski definition) is 3. The van der Waals surface area contributed by atoms with Crippen molar-refractivity contribution >= 4 is 36.4 Å². The Kier molecular flexibility index (Phi) is 7.46. The fraction of sp³-hybridized carbons (Fsp3) is 0.700. The number of halogens is 1. The number of nitrogens with zero attached hydrogens (tertiary/aromatic N) is 1. The van der Waals surface area contributed by atoms with Crippen molar-refractivity contribution in [1.29, 1.82) is 0 Å². The molecule has 2 N–H and O–H groups in total. The van der Waals surface area contributed by atoms with Crippen LogP contribution in [0.25, 0.3) is 0 Å². The molecule has 0 aromatic carbocycles. The molecule has 5 heteroatoms. The van der Waals surface area contributed by atoms with Crippen LogP contribution in [0.4, 0.5) is 0 Å². The van der Waals surface area contributed by atoms with Gasteiger partial charge in [-0.15, -0.1) is 0 Å². The molecular formula is C10H21IN2OSi. The third-order valence-electron chi connectivity index (χ3n) is 1.59. The lowest BCUT2D eigenvalue weighted by Crippen LogP contribution is -2.34. The fourth-order valence-electron chi connectivity index (χ4n) is 0.863. The van der Waals surface area contributed by atoms with Gasteiger partial charge in [0, 0.05) is 22.5 Å². The highest BCUT2D eigenvalue weighted by atomic mass is 127. The number of nitrogens with one attached hydrogen (secondary N) is 1. The second-order valence-electron chi connectivity index (χ2n) is 4.72. The average molecular weight is 340 g/mol. The van der Waals surface area contributed by atoms with E-state index in [2.05, 4.69) is 52.5 Å². The van der Waals surface area contributed by atoms with E-state index < -0.39 is 8.07 Å². The Bertz CT molecular complexity index is 246. The van der Waals surface area contributed by atoms with Gasteiger partial charge in [0.1, 0.15) is 0 Å². The predicted molar refractivity (Wildman–Crippen MR) is 78.5 cm³/mol. The van der Waals surface area contributed by atoms with E-state index in [0.29, 0.717) is 5.70 Å². The highest BCUT2D eigenvalue weighted by Crippen LogP contribution is 2.00. The molecule has 0 radical (unpaired) electrons. The van der Waals surface area contributed by atoms with Crippen molar-refractivity contribution in [1.82, 2.24) is 5.32 Å². The molecule has 0 saturated carbocycles. The van der Waals surface area contributed by atoms with Crippen LogP contribution in [0.15, 0.2) is 16.9 Å². The second kappa shape index (κ2) is 7.40. The van der Waals surface area contributed by atoms with E-state index in [4.69, 9.17) is 5.11 Å². The summed E-state index contributed by atoms with van der Waals surface area (Å²) < 4.78 is 0.892. The van der Waals surface area contributed by atoms with Gasteiger partial charge in [-0.3, -0.25) is 4.99 Å². The zero-order valence-corrected chi connectivity index (χ0v) is 13.1. The lowest BCUT2D eigenvalue weighted by atomic mass is 10.4. The van der Waals surface area contributed by atoms with Gasteiger partial charge in [-0.25, -0.2) is 0 Å². The van der Waals surface area contributed by atoms with E-state index in [1.54, 1.807) is 0 Å². The summed E-state index contributed by atoms with van der Waals surface area (Å²) in [7, 11) is -1.07. The molecule has 0 spiro atoms. The normalized spacial score (nSPS) is 14.3. The van der Waals surface area contributed by atoms with Crippen LogP contribution < -0.4 is 5.32 Å². The van der Waals surface area contributed by atoms with Crippen LogP contribution in [0.1, 0.15) is 6.92 Å². The standard InChI is InChI=1S/C10H21IN2OSi/c1-9(5-11)13-10(7-14)6-12-8-15(2,3)4/h6,12,14H,5,7-8H2,1-4H3/b10-6-,13-9?. The highest BCUT2D eigenvalue weighted by molar-refractivity contribution is 14.1. The van der Waals surface area contributed by atoms with Crippen molar-refractivity contribution in [2.24, 2.45) is 4.99 Å². The van der Waals surface area contributed by atoms with E-state index in [1.807, 2.05) is 13.1 Å². The van der Waals surface area contributed by atoms with Gasteiger partial charge < -0.3 is 10.4 Å². The molecule has 3 nitrogen and oxygen atoms in total. The molecule has 0 aliphatic rings. The third kappa shape index (κ3) is 9.07. The zero-order valence-electron chi connectivity index (χ0n) is 9.97. The lowest BCUT2D eigenvalue weighted by molar-refractivity contribution is 0.329. The maximum Gasteiger partial charge on any atom is 0.0867 e. The molecular weight excluding hydrogens is 319 g/mol. The molecule has 0 rings (SSSR count). The number of aliphatic hydroxyl groups is 1. The van der Waals surface area contributed by atoms with Gasteiger partial charge in [-0.05, 0) is 6.92 Å². The first-order chi connectivity index (χ1) is 6.89. The van der Waals surface area contributed by atoms with Crippen LogP contribution in [0.5, 0.6) is 0 Å². The second-order valence-corrected chi connectivity index (χ2v) is 11.0. The summed E-state index contributed by atoms with van der Waals surface area (Å²) in [6.07, 6.45) is 2.84. The largest absolute Gasteiger partial charge is 0.392 e. The molecule has 0 fully saturated rings. The average Bonchev–Trinajstić information content (AvgIpc) is 2.14. The molecule has 0 aliphatic carbocycles. The maximum absolute atomic E-state index is 9.09. The van der Waals surface area contributed by atoms with Crippen molar-refractivity contribution in [2.45, 2.75) is 26.6 Å². The van der Waals surface area contributed by atoms with Gasteiger partial charge in [-0.2, -0.15) is 0 Å². The smallest absolute Gasteiger partial charge is 0.0867 e. The number of alkyl halides is 1. The molecule has 0 bridgehead atoms. The minimum absolute atomic E-state index is 0.00726. The molecule has 0 atom stereocenters. The van der Waals surface area contributed by atoms with Crippen LogP contribution in [-0.2, 0) is 0 Å². The first kappa shape index (κ1) is 15.1. The van der Waals surface area contributed by atoms with Crippen molar-refractivity contribution < 1.29 is 5.11 Å². The van der Waals surface area contributed by atoms with Gasteiger partial charge in [0.2, 0.25) is 0 Å². The van der Waals surface area contributed by atoms with Crippen LogP contribution in [0.3, 0.4) is 0 Å². The minimum Gasteiger partial charge on any atom is -0.392 e. The number of aliphatic hydroxyl groups excluding tert-OH is 1. The minimum atomic E-state index is -1.07. The fourth-order valence-corrected chi connectivity index (χ4v) is 1.75. The monoisotopic (exact) mass is 340 g/mol. The van der Waals surface area contributed by atoms with E-state index in [9.17, 15) is 0 Å². The van der Waals surface area contributed by atoms with Crippen LogP contribution in [0.2, 0.25) is 19.6 Å². The van der Waals surface area contributed by atoms with Crippen molar-refractivity contribution in [3.63, 3.8) is 0 Å². The summed E-state index contributed by atoms with van der Waals surface area (Å²) in [6.45, 7) is 8.85. The Labute approximate surface area is 107 Å². The van der Waals surface area contributed by atoms with E-state index in [-0.39, 0.29) is 6.61 Å². The maximum atomic E-state index is 9.09. The molecule has 0 unspecified atom stereocenters. The quantitative estimate of drug-likeness (QED) is 0.337. The van der Waals surface area contributed by atoms with Crippen LogP contribution >= 0.6 is 22.6 Å². The Morgan fingerprint density at radius 1 is 1.47 bits per heavy atom. The Balaban J connectivity index is 4.24. The van der Waals surface area contributed by atoms with Crippen LogP contribution in [0, 0.1) is 0 Å². The third-order valence-corrected chi connectivity index (χ3v) is 3.96. The van der Waals surface area contributed by atoms with E-state index in [1.165, 1.54) is 0 Å². The summed E-state index contributed by atoms with van der Waals surface area (Å²) in [5.74, 6) is 0. The molecule has 0 amide bonds. The Hall–Kier alpha value is 0.117. The van der Waals surface area contributed by atoms with Crippen molar-refractivity contribution in [2.75, 3.05) is 17.2 Å². The van der Waals surface area contributed by atoms with Gasteiger partial charge >= 0.3 is 0 Å².